The highest BCUT2D eigenvalue weighted by Crippen LogP contribution is 2.28. The van der Waals surface area contributed by atoms with Gasteiger partial charge >= 0.3 is 0 Å². The molecule has 1 amide bonds. The number of rotatable bonds is 7. The first kappa shape index (κ1) is 24.2. The van der Waals surface area contributed by atoms with Crippen molar-refractivity contribution in [3.63, 3.8) is 0 Å². The monoisotopic (exact) mass is 496 g/mol. The molecule has 0 spiro atoms. The number of anilines is 3. The molecule has 1 aliphatic heterocycles. The maximum Gasteiger partial charge on any atom is 0.270 e. The zero-order valence-electron chi connectivity index (χ0n) is 19.0. The zero-order chi connectivity index (χ0) is 25.0. The summed E-state index contributed by atoms with van der Waals surface area (Å²) in [6.45, 7) is 2.04. The predicted molar refractivity (Wildman–Crippen MR) is 133 cm³/mol. The second-order valence-electron chi connectivity index (χ2n) is 7.85. The summed E-state index contributed by atoms with van der Waals surface area (Å²) < 4.78 is 32.8. The van der Waals surface area contributed by atoms with Crippen LogP contribution in [0.5, 0.6) is 0 Å². The van der Waals surface area contributed by atoms with Crippen LogP contribution in [0, 0.1) is 10.1 Å². The van der Waals surface area contributed by atoms with Crippen molar-refractivity contribution >= 4 is 38.7 Å². The molecule has 0 aromatic heterocycles. The van der Waals surface area contributed by atoms with Crippen LogP contribution in [-0.2, 0) is 14.8 Å². The summed E-state index contributed by atoms with van der Waals surface area (Å²) in [4.78, 5) is 25.9. The van der Waals surface area contributed by atoms with E-state index in [4.69, 9.17) is 4.74 Å². The summed E-state index contributed by atoms with van der Waals surface area (Å²) in [7, 11) is -2.44. The number of amides is 1. The Bertz CT molecular complexity index is 1340. The molecule has 0 radical (unpaired) electrons. The molecule has 35 heavy (non-hydrogen) atoms. The van der Waals surface area contributed by atoms with Gasteiger partial charge in [-0.1, -0.05) is 24.3 Å². The molecule has 182 valence electrons. The molecule has 0 bridgehead atoms. The summed E-state index contributed by atoms with van der Waals surface area (Å²) >= 11 is 0. The number of nitrogens with zero attached hydrogens (tertiary/aromatic N) is 3. The van der Waals surface area contributed by atoms with Gasteiger partial charge in [-0.3, -0.25) is 19.2 Å². The van der Waals surface area contributed by atoms with E-state index < -0.39 is 20.9 Å². The lowest BCUT2D eigenvalue weighted by molar-refractivity contribution is -0.384. The molecule has 0 unspecified atom stereocenters. The molecule has 3 aromatic carbocycles. The Morgan fingerprint density at radius 3 is 2.43 bits per heavy atom. The Morgan fingerprint density at radius 2 is 1.74 bits per heavy atom. The highest BCUT2D eigenvalue weighted by atomic mass is 32.2. The van der Waals surface area contributed by atoms with Gasteiger partial charge in [-0.2, -0.15) is 0 Å². The van der Waals surface area contributed by atoms with Gasteiger partial charge in [0, 0.05) is 38.0 Å². The lowest BCUT2D eigenvalue weighted by Crippen LogP contribution is -2.37. The minimum absolute atomic E-state index is 0.00546. The Labute approximate surface area is 202 Å². The minimum atomic E-state index is -3.89. The van der Waals surface area contributed by atoms with Gasteiger partial charge in [0.1, 0.15) is 0 Å². The molecule has 1 aliphatic rings. The maximum absolute atomic E-state index is 13.2. The van der Waals surface area contributed by atoms with Gasteiger partial charge in [-0.05, 0) is 36.4 Å². The van der Waals surface area contributed by atoms with Gasteiger partial charge in [-0.15, -0.1) is 0 Å². The van der Waals surface area contributed by atoms with Gasteiger partial charge in [-0.25, -0.2) is 8.42 Å². The first-order chi connectivity index (χ1) is 16.8. The number of hydrogen-bond donors (Lipinski definition) is 1. The smallest absolute Gasteiger partial charge is 0.270 e. The second kappa shape index (κ2) is 10.1. The van der Waals surface area contributed by atoms with E-state index in [0.29, 0.717) is 37.7 Å². The van der Waals surface area contributed by atoms with E-state index in [9.17, 15) is 23.3 Å². The largest absolute Gasteiger partial charge is 0.378 e. The fourth-order valence-electron chi connectivity index (χ4n) is 3.77. The maximum atomic E-state index is 13.2. The van der Waals surface area contributed by atoms with E-state index >= 15 is 0 Å². The third-order valence-corrected chi connectivity index (χ3v) is 7.44. The molecule has 0 aliphatic carbocycles. The molecule has 11 heteroatoms. The van der Waals surface area contributed by atoms with Gasteiger partial charge in [0.2, 0.25) is 0 Å². The van der Waals surface area contributed by atoms with Crippen molar-refractivity contribution < 1.29 is 22.9 Å². The summed E-state index contributed by atoms with van der Waals surface area (Å²) in [5, 5.41) is 14.0. The highest BCUT2D eigenvalue weighted by Gasteiger charge is 2.24. The molecule has 1 N–H and O–H groups in total. The van der Waals surface area contributed by atoms with Crippen molar-refractivity contribution in [3.8, 4) is 0 Å². The number of carbonyl (C=O) groups excluding carboxylic acids is 1. The second-order valence-corrected chi connectivity index (χ2v) is 9.82. The van der Waals surface area contributed by atoms with Crippen molar-refractivity contribution in [3.05, 3.63) is 88.5 Å². The quantitative estimate of drug-likeness (QED) is 0.392. The number of benzene rings is 3. The third-order valence-electron chi connectivity index (χ3n) is 5.66. The molecule has 1 heterocycles. The van der Waals surface area contributed by atoms with Crippen molar-refractivity contribution in [2.45, 2.75) is 4.90 Å². The number of sulfonamides is 1. The highest BCUT2D eigenvalue weighted by molar-refractivity contribution is 7.92. The Kier molecular flexibility index (Phi) is 6.99. The predicted octanol–water partition coefficient (Wildman–Crippen LogP) is 3.51. The normalized spacial score (nSPS) is 13.8. The lowest BCUT2D eigenvalue weighted by atomic mass is 10.1. The van der Waals surface area contributed by atoms with Crippen LogP contribution in [0.2, 0.25) is 0 Å². The molecule has 1 saturated heterocycles. The lowest BCUT2D eigenvalue weighted by Gasteiger charge is -2.30. The Balaban J connectivity index is 1.63. The van der Waals surface area contributed by atoms with E-state index in [2.05, 4.69) is 5.32 Å². The number of nitrogens with one attached hydrogen (secondary N) is 1. The average molecular weight is 497 g/mol. The van der Waals surface area contributed by atoms with Gasteiger partial charge in [0.05, 0.1) is 40.0 Å². The molecule has 0 atom stereocenters. The van der Waals surface area contributed by atoms with E-state index in [1.165, 1.54) is 37.4 Å². The van der Waals surface area contributed by atoms with Crippen LogP contribution in [-0.4, -0.2) is 52.6 Å². The molecule has 0 saturated carbocycles. The van der Waals surface area contributed by atoms with Crippen LogP contribution in [0.15, 0.2) is 77.7 Å². The van der Waals surface area contributed by atoms with Gasteiger partial charge in [0.15, 0.2) is 0 Å². The molecular formula is C24H24N4O6S. The first-order valence-electron chi connectivity index (χ1n) is 10.8. The SMILES string of the molecule is CN(c1ccccc1)S(=O)(=O)c1cccc(NC(=O)c2cc([N+](=O)[O-])ccc2N2CCOCC2)c1. The first-order valence-corrected chi connectivity index (χ1v) is 12.3. The Morgan fingerprint density at radius 1 is 1.03 bits per heavy atom. The van der Waals surface area contributed by atoms with Crippen molar-refractivity contribution in [1.82, 2.24) is 0 Å². The topological polar surface area (TPSA) is 122 Å². The summed E-state index contributed by atoms with van der Waals surface area (Å²) in [5.41, 5.74) is 1.19. The van der Waals surface area contributed by atoms with E-state index in [1.807, 2.05) is 4.90 Å². The van der Waals surface area contributed by atoms with Crippen molar-refractivity contribution in [1.29, 1.82) is 0 Å². The number of carbonyl (C=O) groups is 1. The van der Waals surface area contributed by atoms with Crippen LogP contribution < -0.4 is 14.5 Å². The van der Waals surface area contributed by atoms with Crippen LogP contribution in [0.1, 0.15) is 10.4 Å². The average Bonchev–Trinajstić information content (AvgIpc) is 2.89. The molecule has 1 fully saturated rings. The number of nitro benzene ring substituents is 1. The van der Waals surface area contributed by atoms with Crippen LogP contribution in [0.4, 0.5) is 22.7 Å². The van der Waals surface area contributed by atoms with Crippen molar-refractivity contribution in [2.75, 3.05) is 47.9 Å². The Hall–Kier alpha value is -3.96. The molecule has 4 rings (SSSR count). The molecular weight excluding hydrogens is 472 g/mol. The number of morpholine rings is 1. The minimum Gasteiger partial charge on any atom is -0.378 e. The molecule has 10 nitrogen and oxygen atoms in total. The van der Waals surface area contributed by atoms with E-state index in [0.717, 1.165) is 4.31 Å². The van der Waals surface area contributed by atoms with Crippen LogP contribution in [0.25, 0.3) is 0 Å². The van der Waals surface area contributed by atoms with Crippen LogP contribution in [0.3, 0.4) is 0 Å². The third kappa shape index (κ3) is 5.26. The van der Waals surface area contributed by atoms with E-state index in [-0.39, 0.29) is 21.8 Å². The van der Waals surface area contributed by atoms with Crippen molar-refractivity contribution in [2.24, 2.45) is 0 Å². The number of ether oxygens (including phenoxy) is 1. The summed E-state index contributed by atoms with van der Waals surface area (Å²) in [6.07, 6.45) is 0. The van der Waals surface area contributed by atoms with Gasteiger partial charge in [0.25, 0.3) is 21.6 Å². The van der Waals surface area contributed by atoms with Crippen LogP contribution >= 0.6 is 0 Å². The standard InChI is InChI=1S/C24H24N4O6S/c1-26(19-7-3-2-4-8-19)35(32,33)21-9-5-6-18(16-21)25-24(29)22-17-20(28(30)31)10-11-23(22)27-12-14-34-15-13-27/h2-11,16-17H,12-15H2,1H3,(H,25,29). The summed E-state index contributed by atoms with van der Waals surface area (Å²) in [6, 6.07) is 18.6. The number of hydrogen-bond acceptors (Lipinski definition) is 7. The fraction of sp³-hybridized carbons (Fsp3) is 0.208. The van der Waals surface area contributed by atoms with E-state index in [1.54, 1.807) is 42.5 Å². The number of para-hydroxylation sites is 1. The van der Waals surface area contributed by atoms with Gasteiger partial charge < -0.3 is 15.0 Å². The number of non-ortho nitro benzene ring substituents is 1. The number of nitro groups is 1. The fourth-order valence-corrected chi connectivity index (χ4v) is 5.01. The molecule has 3 aromatic rings. The summed E-state index contributed by atoms with van der Waals surface area (Å²) in [5.74, 6) is -0.582. The zero-order valence-corrected chi connectivity index (χ0v) is 19.8.